The van der Waals surface area contributed by atoms with Crippen molar-refractivity contribution in [2.24, 2.45) is 5.73 Å². The third-order valence-corrected chi connectivity index (χ3v) is 4.18. The molecule has 0 bridgehead atoms. The average molecular weight is 299 g/mol. The number of thiophene rings is 1. The summed E-state index contributed by atoms with van der Waals surface area (Å²) in [5, 5.41) is 10.2. The van der Waals surface area contributed by atoms with Gasteiger partial charge in [-0.3, -0.25) is 24.6 Å². The van der Waals surface area contributed by atoms with Crippen LogP contribution in [-0.4, -0.2) is 34.1 Å². The molecule has 0 unspecified atom stereocenters. The van der Waals surface area contributed by atoms with Crippen molar-refractivity contribution < 1.29 is 14.5 Å². The molecule has 0 saturated carbocycles. The van der Waals surface area contributed by atoms with E-state index in [1.165, 1.54) is 12.1 Å². The maximum Gasteiger partial charge on any atom is 0.324 e. The van der Waals surface area contributed by atoms with Gasteiger partial charge in [0.15, 0.2) is 0 Å². The van der Waals surface area contributed by atoms with Gasteiger partial charge in [-0.05, 0) is 23.9 Å². The van der Waals surface area contributed by atoms with Crippen molar-refractivity contribution in [3.05, 3.63) is 32.0 Å². The summed E-state index contributed by atoms with van der Waals surface area (Å²) in [7, 11) is 0. The summed E-state index contributed by atoms with van der Waals surface area (Å²) >= 11 is 1.76. The van der Waals surface area contributed by atoms with Gasteiger partial charge in [0.25, 0.3) is 11.1 Å². The lowest BCUT2D eigenvalue weighted by Gasteiger charge is -2.09. The number of carbonyl (C=O) groups excluding carboxylic acids is 2. The second-order valence-electron chi connectivity index (χ2n) is 3.56. The Morgan fingerprint density at radius 3 is 2.74 bits per heavy atom. The van der Waals surface area contributed by atoms with Crippen LogP contribution in [0.1, 0.15) is 4.88 Å². The predicted molar refractivity (Wildman–Crippen MR) is 72.7 cm³/mol. The van der Waals surface area contributed by atoms with Crippen molar-refractivity contribution in [3.63, 3.8) is 0 Å². The van der Waals surface area contributed by atoms with Gasteiger partial charge in [-0.2, -0.15) is 0 Å². The predicted octanol–water partition coefficient (Wildman–Crippen LogP) is 1.65. The second-order valence-corrected chi connectivity index (χ2v) is 5.64. The normalized spacial score (nSPS) is 17.5. The maximum atomic E-state index is 11.9. The summed E-state index contributed by atoms with van der Waals surface area (Å²) in [6.07, 6.45) is 1.49. The highest BCUT2D eigenvalue weighted by molar-refractivity contribution is 8.18. The van der Waals surface area contributed by atoms with E-state index in [2.05, 4.69) is 0 Å². The lowest BCUT2D eigenvalue weighted by atomic mass is 10.3. The Balaban J connectivity index is 2.22. The fourth-order valence-electron chi connectivity index (χ4n) is 1.47. The molecule has 0 spiro atoms. The molecule has 1 aromatic rings. The number of nitrogens with two attached hydrogens (primary N) is 1. The molecule has 0 aromatic carbocycles. The van der Waals surface area contributed by atoms with Gasteiger partial charge in [-0.25, -0.2) is 0 Å². The van der Waals surface area contributed by atoms with E-state index in [9.17, 15) is 19.7 Å². The van der Waals surface area contributed by atoms with Gasteiger partial charge in [0.05, 0.1) is 9.83 Å². The number of nitro groups is 1. The van der Waals surface area contributed by atoms with Crippen LogP contribution in [0.2, 0.25) is 0 Å². The van der Waals surface area contributed by atoms with E-state index in [4.69, 9.17) is 5.73 Å². The number of hydrogen-bond acceptors (Lipinski definition) is 7. The van der Waals surface area contributed by atoms with Gasteiger partial charge in [-0.1, -0.05) is 11.3 Å². The molecule has 2 N–H and O–H groups in total. The van der Waals surface area contributed by atoms with Crippen LogP contribution < -0.4 is 5.73 Å². The highest BCUT2D eigenvalue weighted by Crippen LogP contribution is 2.34. The van der Waals surface area contributed by atoms with Gasteiger partial charge >= 0.3 is 5.00 Å². The molecule has 100 valence electrons. The number of thioether (sulfide) groups is 1. The summed E-state index contributed by atoms with van der Waals surface area (Å²) in [6.45, 7) is 0.377. The monoisotopic (exact) mass is 299 g/mol. The molecular weight excluding hydrogens is 290 g/mol. The van der Waals surface area contributed by atoms with E-state index in [1.807, 2.05) is 0 Å². The van der Waals surface area contributed by atoms with Crippen molar-refractivity contribution in [1.82, 2.24) is 4.90 Å². The Kier molecular flexibility index (Phi) is 3.98. The summed E-state index contributed by atoms with van der Waals surface area (Å²) in [6, 6.07) is 2.90. The Hall–Kier alpha value is -1.71. The minimum absolute atomic E-state index is 0.00700. The zero-order valence-electron chi connectivity index (χ0n) is 9.57. The molecule has 1 aliphatic rings. The van der Waals surface area contributed by atoms with Crippen LogP contribution >= 0.6 is 23.1 Å². The number of imide groups is 1. The quantitative estimate of drug-likeness (QED) is 0.514. The summed E-state index contributed by atoms with van der Waals surface area (Å²) in [4.78, 5) is 35.4. The topological polar surface area (TPSA) is 107 Å². The average Bonchev–Trinajstić information content (AvgIpc) is 2.91. The Labute approximate surface area is 116 Å². The smallest absolute Gasteiger partial charge is 0.324 e. The van der Waals surface area contributed by atoms with Crippen molar-refractivity contribution in [2.45, 2.75) is 0 Å². The van der Waals surface area contributed by atoms with Crippen molar-refractivity contribution in [2.75, 3.05) is 13.1 Å². The first-order valence-corrected chi connectivity index (χ1v) is 6.86. The zero-order valence-corrected chi connectivity index (χ0v) is 11.2. The third kappa shape index (κ3) is 2.83. The van der Waals surface area contributed by atoms with Crippen molar-refractivity contribution in [1.29, 1.82) is 0 Å². The van der Waals surface area contributed by atoms with Gasteiger partial charge < -0.3 is 5.73 Å². The molecule has 1 aliphatic heterocycles. The first kappa shape index (κ1) is 13.7. The van der Waals surface area contributed by atoms with Crippen LogP contribution in [-0.2, 0) is 4.79 Å². The largest absolute Gasteiger partial charge is 0.329 e. The third-order valence-electron chi connectivity index (χ3n) is 2.29. The van der Waals surface area contributed by atoms with Crippen LogP contribution in [0.3, 0.4) is 0 Å². The lowest BCUT2D eigenvalue weighted by Crippen LogP contribution is -2.33. The summed E-state index contributed by atoms with van der Waals surface area (Å²) < 4.78 is 0. The van der Waals surface area contributed by atoms with Crippen LogP contribution in [0.4, 0.5) is 9.80 Å². The highest BCUT2D eigenvalue weighted by atomic mass is 32.2. The number of nitrogens with zero attached hydrogens (tertiary/aromatic N) is 2. The van der Waals surface area contributed by atoms with Gasteiger partial charge in [0.2, 0.25) is 0 Å². The molecule has 2 rings (SSSR count). The number of carbonyl (C=O) groups is 2. The van der Waals surface area contributed by atoms with E-state index in [0.717, 1.165) is 28.0 Å². The van der Waals surface area contributed by atoms with Crippen LogP contribution in [0.5, 0.6) is 0 Å². The minimum atomic E-state index is -0.498. The standard InChI is InChI=1S/C10H9N3O4S2/c11-3-4-12-9(14)7(19-10(12)15)5-6-1-2-8(18-6)13(16)17/h1-2,5H,3-4,11H2/b7-5+. The van der Waals surface area contributed by atoms with Crippen molar-refractivity contribution >= 4 is 45.3 Å². The SMILES string of the molecule is NCCN1C(=O)S/C(=C/c2ccc([N+](=O)[O-])s2)C1=O. The fourth-order valence-corrected chi connectivity index (χ4v) is 3.16. The molecule has 2 heterocycles. The molecular formula is C10H9N3O4S2. The Morgan fingerprint density at radius 2 is 2.16 bits per heavy atom. The van der Waals surface area contributed by atoms with E-state index in [0.29, 0.717) is 4.88 Å². The maximum absolute atomic E-state index is 11.9. The van der Waals surface area contributed by atoms with Gasteiger partial charge in [-0.15, -0.1) is 0 Å². The fraction of sp³-hybridized carbons (Fsp3) is 0.200. The van der Waals surface area contributed by atoms with E-state index in [1.54, 1.807) is 6.07 Å². The first-order valence-electron chi connectivity index (χ1n) is 5.22. The van der Waals surface area contributed by atoms with Gasteiger partial charge in [0, 0.05) is 24.0 Å². The summed E-state index contributed by atoms with van der Waals surface area (Å²) in [5.41, 5.74) is 5.32. The lowest BCUT2D eigenvalue weighted by molar-refractivity contribution is -0.380. The number of rotatable bonds is 4. The zero-order chi connectivity index (χ0) is 14.0. The van der Waals surface area contributed by atoms with E-state index in [-0.39, 0.29) is 28.2 Å². The molecule has 7 nitrogen and oxygen atoms in total. The minimum Gasteiger partial charge on any atom is -0.329 e. The molecule has 1 saturated heterocycles. The molecule has 1 fully saturated rings. The van der Waals surface area contributed by atoms with Crippen LogP contribution in [0, 0.1) is 10.1 Å². The molecule has 2 amide bonds. The summed E-state index contributed by atoms with van der Waals surface area (Å²) in [5.74, 6) is -0.406. The molecule has 0 radical (unpaired) electrons. The first-order chi connectivity index (χ1) is 9.02. The van der Waals surface area contributed by atoms with Gasteiger partial charge in [0.1, 0.15) is 0 Å². The molecule has 9 heteroatoms. The van der Waals surface area contributed by atoms with E-state index >= 15 is 0 Å². The molecule has 0 atom stereocenters. The van der Waals surface area contributed by atoms with E-state index < -0.39 is 10.8 Å². The Bertz CT molecular complexity index is 581. The van der Waals surface area contributed by atoms with Crippen LogP contribution in [0.15, 0.2) is 17.0 Å². The number of amides is 2. The Morgan fingerprint density at radius 1 is 1.42 bits per heavy atom. The van der Waals surface area contributed by atoms with Crippen molar-refractivity contribution in [3.8, 4) is 0 Å². The second kappa shape index (κ2) is 5.51. The highest BCUT2D eigenvalue weighted by Gasteiger charge is 2.34. The molecule has 19 heavy (non-hydrogen) atoms. The van der Waals surface area contributed by atoms with Crippen LogP contribution in [0.25, 0.3) is 6.08 Å². The molecule has 1 aromatic heterocycles. The molecule has 0 aliphatic carbocycles. The number of hydrogen-bond donors (Lipinski definition) is 1.